The molecule has 1 amide bonds. The summed E-state index contributed by atoms with van der Waals surface area (Å²) in [7, 11) is 4.96. The Kier molecular flexibility index (Phi) is 16.8. The number of hydrogen-bond donors (Lipinski definition) is 1. The number of rotatable bonds is 6. The van der Waals surface area contributed by atoms with Gasteiger partial charge in [-0.05, 0) is 26.4 Å². The third-order valence-electron chi connectivity index (χ3n) is 1.67. The van der Waals surface area contributed by atoms with Crippen molar-refractivity contribution in [3.8, 4) is 0 Å². The summed E-state index contributed by atoms with van der Waals surface area (Å²) in [5.41, 5.74) is 0. The molecular weight excluding hydrogens is 251 g/mol. The predicted octanol–water partition coefficient (Wildman–Crippen LogP) is 2.15. The first-order valence-corrected chi connectivity index (χ1v) is 6.26. The lowest BCUT2D eigenvalue weighted by Gasteiger charge is -2.13. The zero-order valence-corrected chi connectivity index (χ0v) is 11.8. The summed E-state index contributed by atoms with van der Waals surface area (Å²) in [6, 6.07) is 0. The van der Waals surface area contributed by atoms with E-state index in [0.29, 0.717) is 12.4 Å². The Hall–Kier alpha value is -0.190. The molecule has 16 heavy (non-hydrogen) atoms. The number of amides is 1. The monoisotopic (exact) mass is 272 g/mol. The maximum absolute atomic E-state index is 10.7. The summed E-state index contributed by atoms with van der Waals surface area (Å²) in [5.74, 6) is 1.34. The smallest absolute Gasteiger partial charge is 0.409 e. The molecule has 0 aliphatic carbocycles. The van der Waals surface area contributed by atoms with Crippen molar-refractivity contribution in [3.63, 3.8) is 0 Å². The number of alkyl halides is 2. The van der Waals surface area contributed by atoms with Gasteiger partial charge in [-0.25, -0.2) is 4.79 Å². The van der Waals surface area contributed by atoms with Crippen LogP contribution in [0, 0.1) is 0 Å². The van der Waals surface area contributed by atoms with Gasteiger partial charge in [-0.2, -0.15) is 0 Å². The number of carbonyl (C=O) groups is 1. The predicted molar refractivity (Wildman–Crippen MR) is 69.6 cm³/mol. The van der Waals surface area contributed by atoms with Gasteiger partial charge in [0.1, 0.15) is 0 Å². The molecule has 0 unspecified atom stereocenters. The lowest BCUT2D eigenvalue weighted by molar-refractivity contribution is 0.133. The number of halogens is 2. The quantitative estimate of drug-likeness (QED) is 0.595. The molecule has 0 saturated carbocycles. The molecule has 0 aliphatic heterocycles. The van der Waals surface area contributed by atoms with Gasteiger partial charge in [-0.1, -0.05) is 0 Å². The van der Waals surface area contributed by atoms with Crippen LogP contribution in [0.25, 0.3) is 0 Å². The zero-order valence-electron chi connectivity index (χ0n) is 10.3. The van der Waals surface area contributed by atoms with E-state index in [1.807, 2.05) is 7.05 Å². The Morgan fingerprint density at radius 3 is 2.19 bits per heavy atom. The summed E-state index contributed by atoms with van der Waals surface area (Å²) in [6.07, 6.45) is 1.55. The molecule has 4 nitrogen and oxygen atoms in total. The van der Waals surface area contributed by atoms with Crippen molar-refractivity contribution in [3.05, 3.63) is 0 Å². The highest BCUT2D eigenvalue weighted by Gasteiger charge is 2.05. The van der Waals surface area contributed by atoms with Gasteiger partial charge in [-0.15, -0.1) is 23.2 Å². The van der Waals surface area contributed by atoms with E-state index in [1.54, 1.807) is 7.05 Å². The molecule has 6 heteroatoms. The minimum Gasteiger partial charge on any atom is -0.453 e. The van der Waals surface area contributed by atoms with Crippen molar-refractivity contribution in [2.45, 2.75) is 12.8 Å². The molecule has 0 atom stereocenters. The molecular formula is C10H22Cl2N2O2. The van der Waals surface area contributed by atoms with Gasteiger partial charge in [0.05, 0.1) is 7.11 Å². The van der Waals surface area contributed by atoms with Crippen LogP contribution >= 0.6 is 23.2 Å². The third kappa shape index (κ3) is 13.8. The normalized spacial score (nSPS) is 9.06. The standard InChI is InChI=1S/C6H12ClNO2.C4H10ClN/c1-8(5-3-4-7)6(9)10-2;1-6-4-2-3-5/h3-5H2,1-2H3;6H,2-4H2,1H3. The molecule has 0 heterocycles. The van der Waals surface area contributed by atoms with E-state index >= 15 is 0 Å². The summed E-state index contributed by atoms with van der Waals surface area (Å²) < 4.78 is 4.45. The summed E-state index contributed by atoms with van der Waals surface area (Å²) in [6.45, 7) is 1.68. The molecule has 98 valence electrons. The molecule has 0 radical (unpaired) electrons. The Labute approximate surface area is 108 Å². The van der Waals surface area contributed by atoms with Crippen LogP contribution in [0.3, 0.4) is 0 Å². The maximum Gasteiger partial charge on any atom is 0.409 e. The van der Waals surface area contributed by atoms with Crippen LogP contribution in [0.4, 0.5) is 4.79 Å². The molecule has 1 N–H and O–H groups in total. The molecule has 0 aromatic heterocycles. The number of hydrogen-bond acceptors (Lipinski definition) is 3. The molecule has 0 aromatic carbocycles. The Bertz CT molecular complexity index is 156. The second-order valence-corrected chi connectivity index (χ2v) is 3.84. The van der Waals surface area contributed by atoms with Gasteiger partial charge < -0.3 is 15.0 Å². The number of ether oxygens (including phenoxy) is 1. The maximum atomic E-state index is 10.7. The van der Waals surface area contributed by atoms with Crippen molar-refractivity contribution in [2.24, 2.45) is 0 Å². The lowest BCUT2D eigenvalue weighted by atomic mass is 10.4. The van der Waals surface area contributed by atoms with Gasteiger partial charge in [0.25, 0.3) is 0 Å². The molecule has 0 bridgehead atoms. The second-order valence-electron chi connectivity index (χ2n) is 3.08. The average Bonchev–Trinajstić information content (AvgIpc) is 2.32. The SMILES string of the molecule is CNCCCCl.COC(=O)N(C)CCCCl. The van der Waals surface area contributed by atoms with Crippen LogP contribution in [0.15, 0.2) is 0 Å². The van der Waals surface area contributed by atoms with Crippen molar-refractivity contribution in [1.29, 1.82) is 0 Å². The van der Waals surface area contributed by atoms with Crippen molar-refractivity contribution in [2.75, 3.05) is 46.1 Å². The van der Waals surface area contributed by atoms with Crippen LogP contribution in [0.5, 0.6) is 0 Å². The minimum absolute atomic E-state index is 0.315. The molecule has 0 saturated heterocycles. The van der Waals surface area contributed by atoms with Crippen LogP contribution in [-0.2, 0) is 4.74 Å². The Balaban J connectivity index is 0. The topological polar surface area (TPSA) is 41.6 Å². The molecule has 0 aliphatic rings. The Morgan fingerprint density at radius 2 is 1.88 bits per heavy atom. The lowest BCUT2D eigenvalue weighted by Crippen LogP contribution is -2.27. The first-order chi connectivity index (χ1) is 7.63. The number of carbonyl (C=O) groups excluding carboxylic acids is 1. The highest BCUT2D eigenvalue weighted by Crippen LogP contribution is 1.92. The third-order valence-corrected chi connectivity index (χ3v) is 2.21. The van der Waals surface area contributed by atoms with Crippen LogP contribution in [0.1, 0.15) is 12.8 Å². The average molecular weight is 273 g/mol. The van der Waals surface area contributed by atoms with Gasteiger partial charge in [0, 0.05) is 25.4 Å². The molecule has 0 rings (SSSR count). The fourth-order valence-corrected chi connectivity index (χ4v) is 1.04. The van der Waals surface area contributed by atoms with Gasteiger partial charge >= 0.3 is 6.09 Å². The first-order valence-electron chi connectivity index (χ1n) is 5.19. The van der Waals surface area contributed by atoms with Gasteiger partial charge in [0.2, 0.25) is 0 Å². The van der Waals surface area contributed by atoms with Crippen molar-refractivity contribution < 1.29 is 9.53 Å². The fourth-order valence-electron chi connectivity index (χ4n) is 0.788. The van der Waals surface area contributed by atoms with Crippen LogP contribution in [0.2, 0.25) is 0 Å². The number of methoxy groups -OCH3 is 1. The van der Waals surface area contributed by atoms with E-state index in [-0.39, 0.29) is 6.09 Å². The van der Waals surface area contributed by atoms with E-state index in [1.165, 1.54) is 12.0 Å². The van der Waals surface area contributed by atoms with Crippen LogP contribution in [-0.4, -0.2) is 57.0 Å². The van der Waals surface area contributed by atoms with Crippen molar-refractivity contribution in [1.82, 2.24) is 10.2 Å². The first kappa shape index (κ1) is 18.2. The highest BCUT2D eigenvalue weighted by molar-refractivity contribution is 6.18. The number of nitrogens with zero attached hydrogens (tertiary/aromatic N) is 1. The van der Waals surface area contributed by atoms with E-state index in [0.717, 1.165) is 25.3 Å². The number of nitrogens with one attached hydrogen (secondary N) is 1. The van der Waals surface area contributed by atoms with E-state index < -0.39 is 0 Å². The van der Waals surface area contributed by atoms with Gasteiger partial charge in [-0.3, -0.25) is 0 Å². The van der Waals surface area contributed by atoms with E-state index in [9.17, 15) is 4.79 Å². The molecule has 0 fully saturated rings. The highest BCUT2D eigenvalue weighted by atomic mass is 35.5. The largest absolute Gasteiger partial charge is 0.453 e. The molecule has 0 aromatic rings. The summed E-state index contributed by atoms with van der Waals surface area (Å²) in [4.78, 5) is 12.2. The molecule has 0 spiro atoms. The van der Waals surface area contributed by atoms with Crippen molar-refractivity contribution >= 4 is 29.3 Å². The van der Waals surface area contributed by atoms with E-state index in [2.05, 4.69) is 10.1 Å². The van der Waals surface area contributed by atoms with E-state index in [4.69, 9.17) is 23.2 Å². The zero-order chi connectivity index (χ0) is 12.8. The summed E-state index contributed by atoms with van der Waals surface area (Å²) >= 11 is 10.8. The summed E-state index contributed by atoms with van der Waals surface area (Å²) in [5, 5.41) is 2.98. The Morgan fingerprint density at radius 1 is 1.31 bits per heavy atom. The van der Waals surface area contributed by atoms with Gasteiger partial charge in [0.15, 0.2) is 0 Å². The fraction of sp³-hybridized carbons (Fsp3) is 0.900. The minimum atomic E-state index is -0.315. The second kappa shape index (κ2) is 14.8. The van der Waals surface area contributed by atoms with Crippen LogP contribution < -0.4 is 5.32 Å².